The maximum absolute atomic E-state index is 12.3. The first-order valence-corrected chi connectivity index (χ1v) is 13.4. The van der Waals surface area contributed by atoms with Crippen LogP contribution in [0.2, 0.25) is 0 Å². The molecule has 2 unspecified atom stereocenters. The Hall–Kier alpha value is -2.49. The smallest absolute Gasteiger partial charge is 0.223 e. The van der Waals surface area contributed by atoms with E-state index in [9.17, 15) is 4.79 Å². The molecule has 0 aromatic heterocycles. The molecule has 0 bridgehead atoms. The molecule has 34 heavy (non-hydrogen) atoms. The summed E-state index contributed by atoms with van der Waals surface area (Å²) in [7, 11) is 1.68. The number of nitrogens with one attached hydrogen (secondary N) is 1. The number of benzene rings is 2. The summed E-state index contributed by atoms with van der Waals surface area (Å²) in [5.74, 6) is 3.44. The summed E-state index contributed by atoms with van der Waals surface area (Å²) in [5.41, 5.74) is 4.46. The summed E-state index contributed by atoms with van der Waals surface area (Å²) in [6, 6.07) is 15.4. The zero-order valence-corrected chi connectivity index (χ0v) is 21.1. The van der Waals surface area contributed by atoms with Crippen LogP contribution in [-0.4, -0.2) is 25.7 Å². The number of hydrogen-bond donors (Lipinski definition) is 1. The molecule has 2 aromatic carbocycles. The molecule has 3 aliphatic carbocycles. The van der Waals surface area contributed by atoms with Crippen molar-refractivity contribution in [2.75, 3.05) is 13.7 Å². The van der Waals surface area contributed by atoms with Gasteiger partial charge in [0.15, 0.2) is 0 Å². The van der Waals surface area contributed by atoms with Crippen LogP contribution in [0.4, 0.5) is 0 Å². The van der Waals surface area contributed by atoms with Crippen molar-refractivity contribution in [1.29, 1.82) is 0 Å². The van der Waals surface area contributed by atoms with E-state index in [4.69, 9.17) is 9.47 Å². The van der Waals surface area contributed by atoms with E-state index in [0.717, 1.165) is 56.6 Å². The molecule has 1 amide bonds. The minimum Gasteiger partial charge on any atom is -0.497 e. The van der Waals surface area contributed by atoms with Gasteiger partial charge in [-0.2, -0.15) is 0 Å². The average Bonchev–Trinajstić information content (AvgIpc) is 3.31. The Morgan fingerprint density at radius 1 is 0.971 bits per heavy atom. The van der Waals surface area contributed by atoms with Crippen LogP contribution in [-0.2, 0) is 17.6 Å². The van der Waals surface area contributed by atoms with E-state index < -0.39 is 0 Å². The molecule has 4 heteroatoms. The van der Waals surface area contributed by atoms with Crippen LogP contribution in [0.15, 0.2) is 42.5 Å². The first kappa shape index (κ1) is 24.6. The Kier molecular flexibility index (Phi) is 8.53. The molecule has 5 rings (SSSR count). The molecule has 1 N–H and O–H groups in total. The van der Waals surface area contributed by atoms with Gasteiger partial charge in [0.2, 0.25) is 5.91 Å². The highest BCUT2D eigenvalue weighted by atomic mass is 16.5. The second-order valence-corrected chi connectivity index (χ2v) is 9.97. The lowest BCUT2D eigenvalue weighted by molar-refractivity contribution is -0.128. The van der Waals surface area contributed by atoms with E-state index in [1.807, 2.05) is 38.1 Å². The SMILES string of the molecule is CC.COc1cccc(OCC2CCc3cc(C4CC[C@@H](NC(=O)C5CCC5)C4)ccc3C2)c1. The summed E-state index contributed by atoms with van der Waals surface area (Å²) in [5, 5.41) is 3.32. The van der Waals surface area contributed by atoms with E-state index in [2.05, 4.69) is 23.5 Å². The number of carbonyl (C=O) groups is 1. The molecule has 0 spiro atoms. The van der Waals surface area contributed by atoms with Crippen molar-refractivity contribution in [3.8, 4) is 11.5 Å². The van der Waals surface area contributed by atoms with Gasteiger partial charge in [-0.15, -0.1) is 0 Å². The molecule has 0 saturated heterocycles. The topological polar surface area (TPSA) is 47.6 Å². The molecule has 2 aromatic rings. The van der Waals surface area contributed by atoms with Crippen LogP contribution >= 0.6 is 0 Å². The van der Waals surface area contributed by atoms with Gasteiger partial charge in [0.05, 0.1) is 13.7 Å². The van der Waals surface area contributed by atoms with Crippen molar-refractivity contribution < 1.29 is 14.3 Å². The molecular weight excluding hydrogens is 422 g/mol. The molecule has 184 valence electrons. The van der Waals surface area contributed by atoms with E-state index in [1.54, 1.807) is 7.11 Å². The van der Waals surface area contributed by atoms with Gasteiger partial charge >= 0.3 is 0 Å². The standard InChI is InChI=1S/C28H35NO3.C2H6/c1-31-26-6-3-7-27(17-26)32-18-19-8-9-22-15-23(11-10-21(22)14-19)24-12-13-25(16-24)29-28(30)20-4-2-5-20;1-2/h3,6-7,10-11,15,17,19-20,24-25H,2,4-5,8-9,12-14,16,18H2,1H3,(H,29,30);1-2H3/t19?,24?,25-;/m1./s1. The maximum Gasteiger partial charge on any atom is 0.223 e. The fraction of sp³-hybridized carbons (Fsp3) is 0.567. The third-order valence-corrected chi connectivity index (χ3v) is 7.81. The summed E-state index contributed by atoms with van der Waals surface area (Å²) in [6.45, 7) is 4.75. The van der Waals surface area contributed by atoms with Crippen LogP contribution < -0.4 is 14.8 Å². The Morgan fingerprint density at radius 2 is 1.79 bits per heavy atom. The van der Waals surface area contributed by atoms with Crippen LogP contribution in [0.1, 0.15) is 81.4 Å². The van der Waals surface area contributed by atoms with Crippen LogP contribution in [0.3, 0.4) is 0 Å². The van der Waals surface area contributed by atoms with Crippen molar-refractivity contribution in [1.82, 2.24) is 5.32 Å². The number of methoxy groups -OCH3 is 1. The number of amides is 1. The predicted molar refractivity (Wildman–Crippen MR) is 138 cm³/mol. The molecule has 0 aliphatic heterocycles. The Balaban J connectivity index is 0.00000133. The summed E-state index contributed by atoms with van der Waals surface area (Å²) >= 11 is 0. The Labute approximate surface area is 205 Å². The molecule has 4 nitrogen and oxygen atoms in total. The van der Waals surface area contributed by atoms with Crippen LogP contribution in [0.25, 0.3) is 0 Å². The number of aryl methyl sites for hydroxylation is 1. The maximum atomic E-state index is 12.3. The zero-order valence-electron chi connectivity index (χ0n) is 21.1. The molecule has 0 radical (unpaired) electrons. The Morgan fingerprint density at radius 3 is 2.56 bits per heavy atom. The molecule has 0 heterocycles. The number of hydrogen-bond acceptors (Lipinski definition) is 3. The highest BCUT2D eigenvalue weighted by molar-refractivity contribution is 5.79. The lowest BCUT2D eigenvalue weighted by Gasteiger charge is -2.26. The lowest BCUT2D eigenvalue weighted by Crippen LogP contribution is -2.39. The highest BCUT2D eigenvalue weighted by Crippen LogP contribution is 2.37. The molecule has 3 aliphatic rings. The number of fused-ring (bicyclic) bond motifs is 1. The minimum atomic E-state index is 0.290. The van der Waals surface area contributed by atoms with Gasteiger partial charge in [-0.1, -0.05) is 44.5 Å². The lowest BCUT2D eigenvalue weighted by atomic mass is 9.82. The average molecular weight is 464 g/mol. The van der Waals surface area contributed by atoms with Gasteiger partial charge in [0, 0.05) is 18.0 Å². The normalized spacial score (nSPS) is 23.7. The highest BCUT2D eigenvalue weighted by Gasteiger charge is 2.31. The number of carbonyl (C=O) groups excluding carboxylic acids is 1. The number of ether oxygens (including phenoxy) is 2. The quantitative estimate of drug-likeness (QED) is 0.513. The van der Waals surface area contributed by atoms with E-state index in [-0.39, 0.29) is 0 Å². The van der Waals surface area contributed by atoms with E-state index in [0.29, 0.717) is 29.7 Å². The zero-order chi connectivity index (χ0) is 23.9. The van der Waals surface area contributed by atoms with Crippen molar-refractivity contribution in [3.05, 3.63) is 59.2 Å². The van der Waals surface area contributed by atoms with Crippen molar-refractivity contribution in [3.63, 3.8) is 0 Å². The number of rotatable bonds is 7. The van der Waals surface area contributed by atoms with Gasteiger partial charge in [-0.25, -0.2) is 0 Å². The minimum absolute atomic E-state index is 0.290. The van der Waals surface area contributed by atoms with Crippen molar-refractivity contribution >= 4 is 5.91 Å². The fourth-order valence-corrected chi connectivity index (χ4v) is 5.56. The first-order chi connectivity index (χ1) is 16.7. The van der Waals surface area contributed by atoms with Crippen molar-refractivity contribution in [2.24, 2.45) is 11.8 Å². The van der Waals surface area contributed by atoms with E-state index >= 15 is 0 Å². The third kappa shape index (κ3) is 5.95. The van der Waals surface area contributed by atoms with Gasteiger partial charge < -0.3 is 14.8 Å². The van der Waals surface area contributed by atoms with Gasteiger partial charge in [-0.05, 0) is 92.0 Å². The summed E-state index contributed by atoms with van der Waals surface area (Å²) < 4.78 is 11.4. The monoisotopic (exact) mass is 463 g/mol. The van der Waals surface area contributed by atoms with Gasteiger partial charge in [-0.3, -0.25) is 4.79 Å². The molecule has 3 atom stereocenters. The van der Waals surface area contributed by atoms with E-state index in [1.165, 1.54) is 36.0 Å². The Bertz CT molecular complexity index is 952. The molecular formula is C30H41NO3. The fourth-order valence-electron chi connectivity index (χ4n) is 5.56. The molecule has 2 saturated carbocycles. The molecule has 2 fully saturated rings. The van der Waals surface area contributed by atoms with Crippen LogP contribution in [0.5, 0.6) is 11.5 Å². The third-order valence-electron chi connectivity index (χ3n) is 7.81. The van der Waals surface area contributed by atoms with Gasteiger partial charge in [0.1, 0.15) is 11.5 Å². The first-order valence-electron chi connectivity index (χ1n) is 13.4. The second-order valence-electron chi connectivity index (χ2n) is 9.97. The second kappa shape index (κ2) is 11.8. The predicted octanol–water partition coefficient (Wildman–Crippen LogP) is 6.46. The summed E-state index contributed by atoms with van der Waals surface area (Å²) in [4.78, 5) is 12.3. The van der Waals surface area contributed by atoms with Crippen molar-refractivity contribution in [2.45, 2.75) is 83.6 Å². The van der Waals surface area contributed by atoms with Crippen LogP contribution in [0, 0.1) is 11.8 Å². The van der Waals surface area contributed by atoms with Gasteiger partial charge in [0.25, 0.3) is 0 Å². The largest absolute Gasteiger partial charge is 0.497 e. The summed E-state index contributed by atoms with van der Waals surface area (Å²) in [6.07, 6.45) is 10.2.